The molecule has 0 aliphatic carbocycles. The van der Waals surface area contributed by atoms with Gasteiger partial charge in [-0.25, -0.2) is 0 Å². The van der Waals surface area contributed by atoms with Gasteiger partial charge in [0.25, 0.3) is 5.56 Å². The molecular weight excluding hydrogens is 220 g/mol. The lowest BCUT2D eigenvalue weighted by molar-refractivity contribution is 0.644. The maximum Gasteiger partial charge on any atom is 0.251 e. The summed E-state index contributed by atoms with van der Waals surface area (Å²) in [6, 6.07) is 4.65. The number of hydrogen-bond acceptors (Lipinski definition) is 2. The Kier molecular flexibility index (Phi) is 2.66. The van der Waals surface area contributed by atoms with Crippen LogP contribution in [0.2, 0.25) is 0 Å². The molecule has 1 aromatic heterocycles. The van der Waals surface area contributed by atoms with E-state index in [-0.39, 0.29) is 5.56 Å². The Morgan fingerprint density at radius 2 is 2.33 bits per heavy atom. The maximum absolute atomic E-state index is 11.2. The monoisotopic (exact) mass is 226 g/mol. The van der Waals surface area contributed by atoms with E-state index in [2.05, 4.69) is 15.9 Å². The van der Waals surface area contributed by atoms with Crippen molar-refractivity contribution in [2.75, 3.05) is 0 Å². The average Bonchev–Trinajstić information content (AvgIpc) is 2.08. The van der Waals surface area contributed by atoms with Crippen molar-refractivity contribution in [3.8, 4) is 6.07 Å². The van der Waals surface area contributed by atoms with Crippen LogP contribution in [0.15, 0.2) is 27.6 Å². The molecule has 0 aliphatic rings. The summed E-state index contributed by atoms with van der Waals surface area (Å²) in [6.45, 7) is 1.67. The van der Waals surface area contributed by atoms with Crippen LogP contribution in [0.25, 0.3) is 0 Å². The quantitative estimate of drug-likeness (QED) is 0.732. The second-order valence-corrected chi connectivity index (χ2v) is 3.31. The van der Waals surface area contributed by atoms with Gasteiger partial charge in [-0.2, -0.15) is 5.26 Å². The lowest BCUT2D eigenvalue weighted by Crippen LogP contribution is -2.20. The topological polar surface area (TPSA) is 45.8 Å². The number of aromatic nitrogens is 1. The number of nitrogens with zero attached hydrogens (tertiary/aromatic N) is 2. The first kappa shape index (κ1) is 9.01. The summed E-state index contributed by atoms with van der Waals surface area (Å²) in [5.41, 5.74) is -0.160. The molecule has 3 nitrogen and oxygen atoms in total. The molecule has 0 saturated carbocycles. The van der Waals surface area contributed by atoms with E-state index in [1.165, 1.54) is 10.6 Å². The third kappa shape index (κ3) is 1.74. The Balaban J connectivity index is 3.25. The fourth-order valence-corrected chi connectivity index (χ4v) is 1.19. The van der Waals surface area contributed by atoms with Crippen molar-refractivity contribution < 1.29 is 0 Å². The fraction of sp³-hybridized carbons (Fsp3) is 0.250. The first-order chi connectivity index (χ1) is 5.65. The zero-order valence-electron chi connectivity index (χ0n) is 6.49. The number of pyridine rings is 1. The first-order valence-corrected chi connectivity index (χ1v) is 4.22. The molecule has 0 fully saturated rings. The number of halogens is 1. The van der Waals surface area contributed by atoms with Crippen LogP contribution < -0.4 is 5.56 Å². The lowest BCUT2D eigenvalue weighted by atomic mass is 10.3. The van der Waals surface area contributed by atoms with E-state index in [9.17, 15) is 4.79 Å². The molecule has 1 unspecified atom stereocenters. The summed E-state index contributed by atoms with van der Waals surface area (Å²) in [5, 5.41) is 8.58. The van der Waals surface area contributed by atoms with Gasteiger partial charge >= 0.3 is 0 Å². The van der Waals surface area contributed by atoms with Crippen LogP contribution in [-0.4, -0.2) is 4.57 Å². The molecule has 1 heterocycles. The molecule has 0 spiro atoms. The Hall–Kier alpha value is -1.08. The minimum atomic E-state index is -0.421. The summed E-state index contributed by atoms with van der Waals surface area (Å²) in [6.07, 6.45) is 1.61. The van der Waals surface area contributed by atoms with Crippen LogP contribution >= 0.6 is 15.9 Å². The molecule has 0 aliphatic heterocycles. The number of rotatable bonds is 1. The molecule has 62 valence electrons. The minimum Gasteiger partial charge on any atom is -0.298 e. The van der Waals surface area contributed by atoms with Gasteiger partial charge in [0.1, 0.15) is 6.04 Å². The second kappa shape index (κ2) is 3.55. The second-order valence-electron chi connectivity index (χ2n) is 2.40. The summed E-state index contributed by atoms with van der Waals surface area (Å²) in [7, 11) is 0. The number of hydrogen-bond donors (Lipinski definition) is 0. The lowest BCUT2D eigenvalue weighted by Gasteiger charge is -2.06. The number of nitriles is 1. The largest absolute Gasteiger partial charge is 0.298 e. The van der Waals surface area contributed by atoms with Gasteiger partial charge in [0.05, 0.1) is 6.07 Å². The zero-order valence-corrected chi connectivity index (χ0v) is 8.08. The highest BCUT2D eigenvalue weighted by Crippen LogP contribution is 2.08. The highest BCUT2D eigenvalue weighted by molar-refractivity contribution is 9.10. The van der Waals surface area contributed by atoms with E-state index >= 15 is 0 Å². The van der Waals surface area contributed by atoms with E-state index in [0.717, 1.165) is 4.47 Å². The fourth-order valence-electron chi connectivity index (χ4n) is 0.841. The maximum atomic E-state index is 11.2. The Morgan fingerprint density at radius 1 is 1.67 bits per heavy atom. The molecule has 0 amide bonds. The standard InChI is InChI=1S/C8H7BrN2O/c1-6(4-10)11-5-7(9)2-3-8(11)12/h2-3,5-6H,1H3. The smallest absolute Gasteiger partial charge is 0.251 e. The molecule has 0 N–H and O–H groups in total. The predicted molar refractivity (Wildman–Crippen MR) is 48.7 cm³/mol. The van der Waals surface area contributed by atoms with E-state index in [1.54, 1.807) is 19.2 Å². The van der Waals surface area contributed by atoms with Gasteiger partial charge in [0.15, 0.2) is 0 Å². The molecule has 1 rings (SSSR count). The summed E-state index contributed by atoms with van der Waals surface area (Å²) in [4.78, 5) is 11.2. The van der Waals surface area contributed by atoms with Crippen molar-refractivity contribution in [2.45, 2.75) is 13.0 Å². The summed E-state index contributed by atoms with van der Waals surface area (Å²) >= 11 is 3.22. The molecule has 1 aromatic rings. The normalized spacial score (nSPS) is 12.1. The van der Waals surface area contributed by atoms with Crippen molar-refractivity contribution in [3.05, 3.63) is 33.2 Å². The first-order valence-electron chi connectivity index (χ1n) is 3.42. The van der Waals surface area contributed by atoms with Crippen molar-refractivity contribution >= 4 is 15.9 Å². The Morgan fingerprint density at radius 3 is 2.92 bits per heavy atom. The van der Waals surface area contributed by atoms with Gasteiger partial charge in [-0.15, -0.1) is 0 Å². The van der Waals surface area contributed by atoms with Crippen LogP contribution in [-0.2, 0) is 0 Å². The van der Waals surface area contributed by atoms with Crippen LogP contribution in [0, 0.1) is 11.3 Å². The Labute approximate surface area is 78.4 Å². The van der Waals surface area contributed by atoms with Gasteiger partial charge in [0, 0.05) is 16.7 Å². The van der Waals surface area contributed by atoms with Crippen molar-refractivity contribution in [2.24, 2.45) is 0 Å². The zero-order chi connectivity index (χ0) is 9.14. The van der Waals surface area contributed by atoms with Crippen LogP contribution in [0.1, 0.15) is 13.0 Å². The van der Waals surface area contributed by atoms with Crippen LogP contribution in [0.4, 0.5) is 0 Å². The van der Waals surface area contributed by atoms with E-state index < -0.39 is 6.04 Å². The molecule has 0 saturated heterocycles. The molecule has 4 heteroatoms. The predicted octanol–water partition coefficient (Wildman–Crippen LogP) is 1.70. The van der Waals surface area contributed by atoms with Crippen LogP contribution in [0.3, 0.4) is 0 Å². The highest BCUT2D eigenvalue weighted by atomic mass is 79.9. The highest BCUT2D eigenvalue weighted by Gasteiger charge is 2.03. The minimum absolute atomic E-state index is 0.160. The molecule has 0 radical (unpaired) electrons. The van der Waals surface area contributed by atoms with E-state index in [4.69, 9.17) is 5.26 Å². The SMILES string of the molecule is CC(C#N)n1cc(Br)ccc1=O. The van der Waals surface area contributed by atoms with Gasteiger partial charge in [-0.05, 0) is 28.9 Å². The Bertz CT molecular complexity index is 377. The summed E-state index contributed by atoms with van der Waals surface area (Å²) in [5.74, 6) is 0. The molecule has 1 atom stereocenters. The van der Waals surface area contributed by atoms with Crippen molar-refractivity contribution in [1.29, 1.82) is 5.26 Å². The van der Waals surface area contributed by atoms with Crippen molar-refractivity contribution in [3.63, 3.8) is 0 Å². The van der Waals surface area contributed by atoms with Gasteiger partial charge in [-0.3, -0.25) is 9.36 Å². The summed E-state index contributed by atoms with van der Waals surface area (Å²) < 4.78 is 2.17. The van der Waals surface area contributed by atoms with Crippen LogP contribution in [0.5, 0.6) is 0 Å². The average molecular weight is 227 g/mol. The third-order valence-electron chi connectivity index (χ3n) is 1.51. The third-order valence-corrected chi connectivity index (χ3v) is 1.98. The van der Waals surface area contributed by atoms with E-state index in [1.807, 2.05) is 6.07 Å². The molecular formula is C8H7BrN2O. The molecule has 0 aromatic carbocycles. The van der Waals surface area contributed by atoms with Gasteiger partial charge in [0.2, 0.25) is 0 Å². The van der Waals surface area contributed by atoms with Gasteiger partial charge < -0.3 is 0 Å². The van der Waals surface area contributed by atoms with Crippen molar-refractivity contribution in [1.82, 2.24) is 4.57 Å². The molecule has 0 bridgehead atoms. The van der Waals surface area contributed by atoms with E-state index in [0.29, 0.717) is 0 Å². The van der Waals surface area contributed by atoms with Gasteiger partial charge in [-0.1, -0.05) is 0 Å². The molecule has 12 heavy (non-hydrogen) atoms.